The maximum Gasteiger partial charge on any atom is 0.472 e. The lowest BCUT2D eigenvalue weighted by Gasteiger charge is -2.43. The number of ether oxygens (including phenoxy) is 2. The molecule has 8 N–H and O–H groups in total. The lowest BCUT2D eigenvalue weighted by molar-refractivity contribution is -0.216. The highest BCUT2D eigenvalue weighted by atomic mass is 31.2. The van der Waals surface area contributed by atoms with Gasteiger partial charge in [-0.15, -0.1) is 0 Å². The van der Waals surface area contributed by atoms with E-state index in [0.717, 1.165) is 57.8 Å². The molecule has 0 saturated heterocycles. The summed E-state index contributed by atoms with van der Waals surface area (Å²) >= 11 is 0. The molecular formula is C49H82O17P2. The van der Waals surface area contributed by atoms with Crippen molar-refractivity contribution in [3.05, 3.63) is 85.1 Å². The summed E-state index contributed by atoms with van der Waals surface area (Å²) in [6.45, 7) is 2.73. The summed E-state index contributed by atoms with van der Waals surface area (Å²) in [5.41, 5.74) is 0. The van der Waals surface area contributed by atoms with Crippen molar-refractivity contribution >= 4 is 27.6 Å². The van der Waals surface area contributed by atoms with Gasteiger partial charge in [0.1, 0.15) is 43.2 Å². The minimum Gasteiger partial charge on any atom is -0.462 e. The SMILES string of the molecule is CCCCCCCC/C=C\C/C=C\C/C=C\CCCC(=O)O[C@H](COC(=O)CCC/C=C\C/C=C\C/C=C\C/C=C\CC[C@@H](O)CC)COP(=O)(O)O[C@H]1C(O)C(O)C(O)[C@@H](OP(=O)(O)O)C1O. The number of carbonyl (C=O) groups is 2. The van der Waals surface area contributed by atoms with Crippen LogP contribution in [0.1, 0.15) is 149 Å². The summed E-state index contributed by atoms with van der Waals surface area (Å²) in [6.07, 6.45) is 30.7. The van der Waals surface area contributed by atoms with E-state index in [0.29, 0.717) is 25.7 Å². The van der Waals surface area contributed by atoms with Gasteiger partial charge in [0, 0.05) is 12.8 Å². The molecule has 0 bridgehead atoms. The highest BCUT2D eigenvalue weighted by molar-refractivity contribution is 7.47. The Balaban J connectivity index is 2.67. The van der Waals surface area contributed by atoms with Crippen LogP contribution in [0.4, 0.5) is 0 Å². The molecule has 0 aliphatic heterocycles. The third kappa shape index (κ3) is 32.9. The summed E-state index contributed by atoms with van der Waals surface area (Å²) in [6, 6.07) is 0. The van der Waals surface area contributed by atoms with Gasteiger partial charge in [0.25, 0.3) is 0 Å². The van der Waals surface area contributed by atoms with Gasteiger partial charge in [0.2, 0.25) is 0 Å². The van der Waals surface area contributed by atoms with Crippen LogP contribution in [0.5, 0.6) is 0 Å². The first-order chi connectivity index (χ1) is 32.5. The summed E-state index contributed by atoms with van der Waals surface area (Å²) in [5.74, 6) is -1.36. The molecule has 1 saturated carbocycles. The molecule has 0 heterocycles. The first-order valence-electron chi connectivity index (χ1n) is 24.2. The van der Waals surface area contributed by atoms with Crippen molar-refractivity contribution in [2.24, 2.45) is 0 Å². The van der Waals surface area contributed by atoms with Gasteiger partial charge in [0.15, 0.2) is 6.10 Å². The van der Waals surface area contributed by atoms with E-state index < -0.39 is 83.5 Å². The molecule has 19 heteroatoms. The normalized spacial score (nSPS) is 22.4. The summed E-state index contributed by atoms with van der Waals surface area (Å²) in [7, 11) is -10.7. The second-order valence-electron chi connectivity index (χ2n) is 16.6. The van der Waals surface area contributed by atoms with Crippen molar-refractivity contribution in [1.29, 1.82) is 0 Å². The van der Waals surface area contributed by atoms with E-state index in [1.807, 2.05) is 37.3 Å². The fourth-order valence-electron chi connectivity index (χ4n) is 6.66. The van der Waals surface area contributed by atoms with Gasteiger partial charge < -0.3 is 49.7 Å². The van der Waals surface area contributed by atoms with Crippen LogP contribution in [0.25, 0.3) is 0 Å². The van der Waals surface area contributed by atoms with Crippen LogP contribution in [0.2, 0.25) is 0 Å². The van der Waals surface area contributed by atoms with Crippen molar-refractivity contribution in [2.45, 2.75) is 198 Å². The number of unbranched alkanes of at least 4 members (excludes halogenated alkanes) is 8. The highest BCUT2D eigenvalue weighted by Crippen LogP contribution is 2.49. The average Bonchev–Trinajstić information content (AvgIpc) is 3.29. The summed E-state index contributed by atoms with van der Waals surface area (Å²) in [5, 5.41) is 50.8. The fourth-order valence-corrected chi connectivity index (χ4v) is 8.20. The molecule has 0 aromatic heterocycles. The predicted molar refractivity (Wildman–Crippen MR) is 261 cm³/mol. The van der Waals surface area contributed by atoms with Crippen LogP contribution < -0.4 is 0 Å². The minimum atomic E-state index is -5.38. The second kappa shape index (κ2) is 38.8. The Bertz CT molecular complexity index is 1650. The molecular weight excluding hydrogens is 922 g/mol. The molecule has 1 aliphatic rings. The number of aliphatic hydroxyl groups is 5. The average molecular weight is 1010 g/mol. The molecule has 1 aliphatic carbocycles. The molecule has 68 heavy (non-hydrogen) atoms. The molecule has 1 fully saturated rings. The summed E-state index contributed by atoms with van der Waals surface area (Å²) < 4.78 is 49.2. The maximum absolute atomic E-state index is 13.0. The Kier molecular flexibility index (Phi) is 36.1. The molecule has 390 valence electrons. The van der Waals surface area contributed by atoms with E-state index in [2.05, 4.69) is 66.1 Å². The number of allylic oxidation sites excluding steroid dienone is 14. The Labute approximate surface area is 404 Å². The Morgan fingerprint density at radius 1 is 0.529 bits per heavy atom. The van der Waals surface area contributed by atoms with E-state index in [9.17, 15) is 58.9 Å². The Morgan fingerprint density at radius 3 is 1.47 bits per heavy atom. The van der Waals surface area contributed by atoms with E-state index in [-0.39, 0.29) is 18.9 Å². The van der Waals surface area contributed by atoms with Crippen LogP contribution in [-0.2, 0) is 41.8 Å². The lowest BCUT2D eigenvalue weighted by atomic mass is 9.85. The molecule has 0 aromatic carbocycles. The third-order valence-corrected chi connectivity index (χ3v) is 12.1. The van der Waals surface area contributed by atoms with Crippen LogP contribution >= 0.6 is 15.6 Å². The van der Waals surface area contributed by atoms with Crippen molar-refractivity contribution in [1.82, 2.24) is 0 Å². The van der Waals surface area contributed by atoms with Crippen molar-refractivity contribution in [2.75, 3.05) is 13.2 Å². The summed E-state index contributed by atoms with van der Waals surface area (Å²) in [4.78, 5) is 54.3. The molecule has 0 spiro atoms. The molecule has 5 unspecified atom stereocenters. The smallest absolute Gasteiger partial charge is 0.462 e. The lowest BCUT2D eigenvalue weighted by Crippen LogP contribution is -2.64. The maximum atomic E-state index is 13.0. The van der Waals surface area contributed by atoms with Gasteiger partial charge in [-0.2, -0.15) is 0 Å². The van der Waals surface area contributed by atoms with E-state index in [4.69, 9.17) is 18.5 Å². The van der Waals surface area contributed by atoms with Crippen molar-refractivity contribution < 1.29 is 82.0 Å². The van der Waals surface area contributed by atoms with Crippen LogP contribution in [-0.4, -0.2) is 114 Å². The van der Waals surface area contributed by atoms with Crippen LogP contribution in [0, 0.1) is 0 Å². The molecule has 0 radical (unpaired) electrons. The molecule has 17 nitrogen and oxygen atoms in total. The third-order valence-electron chi connectivity index (χ3n) is 10.6. The van der Waals surface area contributed by atoms with Crippen molar-refractivity contribution in [3.8, 4) is 0 Å². The van der Waals surface area contributed by atoms with Gasteiger partial charge in [-0.1, -0.05) is 131 Å². The highest BCUT2D eigenvalue weighted by Gasteiger charge is 2.54. The standard InChI is InChI=1S/C49H82O17P2/c1-3-5-6-7-8-9-10-11-12-13-14-19-22-25-28-31-34-37-43(52)64-41(39-63-68(60,61)66-49-46(55)44(53)45(54)48(47(49)56)65-67(57,58)59)38-62-42(51)36-33-30-27-24-21-18-16-15-17-20-23-26-29-32-35-40(50)4-2/h11-12,14,16-20,24-29,40-41,44-50,53-56H,3-10,13,15,21-23,30-39H2,1-2H3,(H,60,61)(H2,57,58,59)/b12-11-,18-16-,19-14-,20-17-,27-24-,28-25-,29-26-/t40-,41+,44?,45?,46?,47?,48+,49-/m0/s1. The van der Waals surface area contributed by atoms with E-state index >= 15 is 0 Å². The van der Waals surface area contributed by atoms with E-state index in [1.54, 1.807) is 0 Å². The number of phosphoric ester groups is 2. The monoisotopic (exact) mass is 1000 g/mol. The zero-order chi connectivity index (χ0) is 50.5. The first-order valence-corrected chi connectivity index (χ1v) is 27.2. The number of carbonyl (C=O) groups excluding carboxylic acids is 2. The number of esters is 2. The van der Waals surface area contributed by atoms with Gasteiger partial charge in [-0.25, -0.2) is 9.13 Å². The molecule has 1 rings (SSSR count). The van der Waals surface area contributed by atoms with Crippen LogP contribution in [0.15, 0.2) is 85.1 Å². The van der Waals surface area contributed by atoms with Crippen LogP contribution in [0.3, 0.4) is 0 Å². The Morgan fingerprint density at radius 2 is 0.971 bits per heavy atom. The van der Waals surface area contributed by atoms with Crippen molar-refractivity contribution in [3.63, 3.8) is 0 Å². The zero-order valence-electron chi connectivity index (χ0n) is 40.1. The molecule has 0 aromatic rings. The van der Waals surface area contributed by atoms with Gasteiger partial charge in [0.05, 0.1) is 12.7 Å². The van der Waals surface area contributed by atoms with Gasteiger partial charge >= 0.3 is 27.6 Å². The van der Waals surface area contributed by atoms with Gasteiger partial charge in [-0.3, -0.25) is 23.2 Å². The Hall–Kier alpha value is -2.86. The number of rotatable bonds is 39. The second-order valence-corrected chi connectivity index (χ2v) is 19.2. The number of aliphatic hydroxyl groups excluding tert-OH is 5. The largest absolute Gasteiger partial charge is 0.472 e. The zero-order valence-corrected chi connectivity index (χ0v) is 41.9. The minimum absolute atomic E-state index is 0.0166. The van der Waals surface area contributed by atoms with E-state index in [1.165, 1.54) is 38.5 Å². The topological polar surface area (TPSA) is 276 Å². The molecule has 0 amide bonds. The fraction of sp³-hybridized carbons (Fsp3) is 0.673. The first kappa shape index (κ1) is 63.2. The number of phosphoric acid groups is 2. The molecule has 9 atom stereocenters. The number of hydrogen-bond acceptors (Lipinski definition) is 14. The number of hydrogen-bond donors (Lipinski definition) is 8. The van der Waals surface area contributed by atoms with Gasteiger partial charge in [-0.05, 0) is 89.9 Å². The predicted octanol–water partition coefficient (Wildman–Crippen LogP) is 8.36. The quantitative estimate of drug-likeness (QED) is 0.0124.